The van der Waals surface area contributed by atoms with E-state index in [-0.39, 0.29) is 4.58 Å². The highest BCUT2D eigenvalue weighted by Crippen LogP contribution is 2.28. The molecular formula is C5H11N3S5. The van der Waals surface area contributed by atoms with Crippen molar-refractivity contribution < 1.29 is 0 Å². The van der Waals surface area contributed by atoms with Crippen molar-refractivity contribution in [1.29, 1.82) is 0 Å². The Labute approximate surface area is 105 Å². The number of hydrogen-bond acceptors (Lipinski definition) is 8. The van der Waals surface area contributed by atoms with Crippen molar-refractivity contribution in [2.75, 3.05) is 0 Å². The van der Waals surface area contributed by atoms with Crippen molar-refractivity contribution in [1.82, 2.24) is 15.4 Å². The Hall–Kier alpha value is 1.21. The van der Waals surface area contributed by atoms with E-state index in [2.05, 4.69) is 74.2 Å². The van der Waals surface area contributed by atoms with E-state index in [4.69, 9.17) is 0 Å². The number of thiol groups is 5. The molecule has 0 fully saturated rings. The molecule has 1 rings (SSSR count). The summed E-state index contributed by atoms with van der Waals surface area (Å²) in [6, 6.07) is 0. The fraction of sp³-hybridized carbons (Fsp3) is 0.600. The van der Waals surface area contributed by atoms with E-state index < -0.39 is 4.87 Å². The highest BCUT2D eigenvalue weighted by molar-refractivity contribution is 7.99. The predicted octanol–water partition coefficient (Wildman–Crippen LogP) is 1.13. The van der Waals surface area contributed by atoms with Crippen LogP contribution in [-0.2, 0) is 0 Å². The fourth-order valence-electron chi connectivity index (χ4n) is 0.993. The zero-order chi connectivity index (χ0) is 10.1. The van der Waals surface area contributed by atoms with E-state index in [1.807, 2.05) is 6.08 Å². The molecule has 0 amide bonds. The van der Waals surface area contributed by atoms with Gasteiger partial charge in [-0.1, -0.05) is 17.3 Å². The number of nitrogens with one attached hydrogen (secondary N) is 2. The van der Waals surface area contributed by atoms with E-state index in [1.165, 1.54) is 4.52 Å². The molecule has 0 aliphatic carbocycles. The minimum atomic E-state index is -0.516. The molecule has 3 nitrogen and oxygen atoms in total. The van der Waals surface area contributed by atoms with Gasteiger partial charge in [0.1, 0.15) is 4.87 Å². The molecule has 1 atom stereocenters. The molecule has 0 spiro atoms. The molecule has 2 N–H and O–H groups in total. The molecule has 0 saturated carbocycles. The third-order valence-electron chi connectivity index (χ3n) is 1.39. The summed E-state index contributed by atoms with van der Waals surface area (Å²) in [6.07, 6.45) is 2.48. The summed E-state index contributed by atoms with van der Waals surface area (Å²) in [6.45, 7) is 0. The number of nitrogens with zero attached hydrogens (tertiary/aromatic N) is 1. The first kappa shape index (κ1) is 12.3. The number of hydrogen-bond donors (Lipinski definition) is 7. The summed E-state index contributed by atoms with van der Waals surface area (Å²) in [5.41, 5.74) is 5.80. The smallest absolute Gasteiger partial charge is 0.100 e. The lowest BCUT2D eigenvalue weighted by Crippen LogP contribution is -2.55. The molecule has 0 aromatic heterocycles. The number of rotatable bonds is 2. The maximum absolute atomic E-state index is 4.44. The maximum atomic E-state index is 4.44. The van der Waals surface area contributed by atoms with Gasteiger partial charge in [-0.25, -0.2) is 5.43 Å². The lowest BCUT2D eigenvalue weighted by Gasteiger charge is -2.36. The van der Waals surface area contributed by atoms with Gasteiger partial charge in [-0.2, -0.15) is 37.9 Å². The molecule has 0 saturated heterocycles. The minimum Gasteiger partial charge on any atom is -0.290 e. The van der Waals surface area contributed by atoms with Crippen molar-refractivity contribution in [3.8, 4) is 0 Å². The molecule has 1 aliphatic rings. The van der Waals surface area contributed by atoms with Crippen LogP contribution in [0.5, 0.6) is 0 Å². The monoisotopic (exact) mass is 273 g/mol. The second kappa shape index (κ2) is 4.82. The Morgan fingerprint density at radius 3 is 2.62 bits per heavy atom. The average Bonchev–Trinajstić information content (AvgIpc) is 1.77. The van der Waals surface area contributed by atoms with Crippen LogP contribution in [0.2, 0.25) is 0 Å². The molecule has 0 aromatic carbocycles. The average molecular weight is 273 g/mol. The Balaban J connectivity index is 2.71. The lowest BCUT2D eigenvalue weighted by molar-refractivity contribution is 0.238. The molecule has 1 aliphatic heterocycles. The van der Waals surface area contributed by atoms with Gasteiger partial charge in [0.05, 0.1) is 5.03 Å². The van der Waals surface area contributed by atoms with Crippen LogP contribution in [0.25, 0.3) is 0 Å². The summed E-state index contributed by atoms with van der Waals surface area (Å²) < 4.78 is 1.35. The normalized spacial score (nSPS) is 30.2. The van der Waals surface area contributed by atoms with Crippen molar-refractivity contribution >= 4 is 63.3 Å². The number of hydrazine groups is 2. The van der Waals surface area contributed by atoms with E-state index in [0.717, 1.165) is 0 Å². The predicted molar refractivity (Wildman–Crippen MR) is 72.3 cm³/mol. The van der Waals surface area contributed by atoms with Crippen molar-refractivity contribution in [3.63, 3.8) is 0 Å². The second-order valence-corrected chi connectivity index (χ2v) is 6.01. The third-order valence-corrected chi connectivity index (χ3v) is 2.60. The molecule has 0 aromatic rings. The molecule has 13 heavy (non-hydrogen) atoms. The molecule has 0 bridgehead atoms. The first-order valence-corrected chi connectivity index (χ1v) is 5.78. The summed E-state index contributed by atoms with van der Waals surface area (Å²) in [7, 11) is 0. The van der Waals surface area contributed by atoms with Crippen LogP contribution in [0.1, 0.15) is 6.42 Å². The van der Waals surface area contributed by atoms with Gasteiger partial charge in [0.2, 0.25) is 0 Å². The van der Waals surface area contributed by atoms with Crippen LogP contribution in [0.4, 0.5) is 0 Å². The van der Waals surface area contributed by atoms with Crippen LogP contribution in [0, 0.1) is 0 Å². The molecule has 8 heteroatoms. The van der Waals surface area contributed by atoms with E-state index in [0.29, 0.717) is 11.4 Å². The fourth-order valence-corrected chi connectivity index (χ4v) is 3.14. The van der Waals surface area contributed by atoms with Gasteiger partial charge >= 0.3 is 0 Å². The van der Waals surface area contributed by atoms with Crippen LogP contribution >= 0.6 is 63.3 Å². The van der Waals surface area contributed by atoms with Crippen LogP contribution < -0.4 is 10.9 Å². The summed E-state index contributed by atoms with van der Waals surface area (Å²) in [5.74, 6) is 0. The topological polar surface area (TPSA) is 27.3 Å². The van der Waals surface area contributed by atoms with Gasteiger partial charge in [-0.05, 0) is 6.08 Å². The van der Waals surface area contributed by atoms with Gasteiger partial charge in [-0.3, -0.25) is 5.43 Å². The van der Waals surface area contributed by atoms with Gasteiger partial charge in [0, 0.05) is 11.0 Å². The van der Waals surface area contributed by atoms with E-state index >= 15 is 0 Å². The van der Waals surface area contributed by atoms with E-state index in [9.17, 15) is 0 Å². The molecule has 0 radical (unpaired) electrons. The molecular weight excluding hydrogens is 262 g/mol. The standard InChI is InChI=1S/C5H11N3S5/c9-3-1-5(12,2-4(10)11)7-8(13)6-3/h1,4,6-7,9-13H,2H2. The van der Waals surface area contributed by atoms with Gasteiger partial charge in [0.25, 0.3) is 0 Å². The summed E-state index contributed by atoms with van der Waals surface area (Å²) >= 11 is 21.1. The largest absolute Gasteiger partial charge is 0.290 e. The van der Waals surface area contributed by atoms with Crippen molar-refractivity contribution in [2.45, 2.75) is 15.9 Å². The first-order valence-electron chi connectivity index (χ1n) is 3.45. The third kappa shape index (κ3) is 4.06. The van der Waals surface area contributed by atoms with Crippen LogP contribution in [-0.4, -0.2) is 14.0 Å². The maximum Gasteiger partial charge on any atom is 0.100 e. The van der Waals surface area contributed by atoms with E-state index in [1.54, 1.807) is 0 Å². The Bertz CT molecular complexity index is 220. The van der Waals surface area contributed by atoms with Crippen LogP contribution in [0.3, 0.4) is 0 Å². The molecule has 76 valence electrons. The quantitative estimate of drug-likeness (QED) is 0.304. The zero-order valence-electron chi connectivity index (χ0n) is 6.55. The SMILES string of the molecule is SC1=CC(S)(CC(S)S)NN(S)N1. The molecule has 1 heterocycles. The summed E-state index contributed by atoms with van der Waals surface area (Å²) in [5, 5.41) is 0.686. The van der Waals surface area contributed by atoms with Crippen molar-refractivity contribution in [3.05, 3.63) is 11.1 Å². The summed E-state index contributed by atoms with van der Waals surface area (Å²) in [4.78, 5) is -0.516. The zero-order valence-corrected chi connectivity index (χ0v) is 11.0. The highest BCUT2D eigenvalue weighted by atomic mass is 32.2. The minimum absolute atomic E-state index is 0.0535. The van der Waals surface area contributed by atoms with Crippen LogP contribution in [0.15, 0.2) is 11.1 Å². The van der Waals surface area contributed by atoms with Crippen molar-refractivity contribution in [2.24, 2.45) is 0 Å². The Morgan fingerprint density at radius 1 is 1.54 bits per heavy atom. The second-order valence-electron chi connectivity index (χ2n) is 2.67. The Morgan fingerprint density at radius 2 is 2.15 bits per heavy atom. The van der Waals surface area contributed by atoms with Gasteiger partial charge in [0.15, 0.2) is 0 Å². The molecule has 1 unspecified atom stereocenters. The van der Waals surface area contributed by atoms with Gasteiger partial charge in [-0.15, -0.1) is 12.6 Å². The lowest BCUT2D eigenvalue weighted by atomic mass is 10.2. The van der Waals surface area contributed by atoms with Gasteiger partial charge < -0.3 is 0 Å². The Kier molecular flexibility index (Phi) is 4.55. The first-order chi connectivity index (χ1) is 5.91. The highest BCUT2D eigenvalue weighted by Gasteiger charge is 2.30.